The predicted molar refractivity (Wildman–Crippen MR) is 76.9 cm³/mol. The first kappa shape index (κ1) is 15.8. The molecule has 3 rings (SSSR count). The summed E-state index contributed by atoms with van der Waals surface area (Å²) in [4.78, 5) is 9.71. The summed E-state index contributed by atoms with van der Waals surface area (Å²) in [5.41, 5.74) is 1.47. The first-order valence-corrected chi connectivity index (χ1v) is 7.11. The molecule has 2 heterocycles. The molecule has 1 aromatic heterocycles. The number of nitrogens with zero attached hydrogens (tertiary/aromatic N) is 2. The lowest BCUT2D eigenvalue weighted by atomic mass is 10.1. The van der Waals surface area contributed by atoms with Crippen molar-refractivity contribution in [3.05, 3.63) is 36.3 Å². The van der Waals surface area contributed by atoms with Crippen molar-refractivity contribution in [3.63, 3.8) is 0 Å². The predicted octanol–water partition coefficient (Wildman–Crippen LogP) is 2.98. The summed E-state index contributed by atoms with van der Waals surface area (Å²) in [5, 5.41) is 0. The van der Waals surface area contributed by atoms with Gasteiger partial charge in [0.1, 0.15) is 11.6 Å². The fourth-order valence-corrected chi connectivity index (χ4v) is 2.46. The molecular weight excluding hydrogens is 311 g/mol. The zero-order valence-electron chi connectivity index (χ0n) is 12.4. The number of morpholine rings is 1. The maximum atomic E-state index is 12.2. The number of aromatic amines is 1. The molecule has 0 spiro atoms. The Hall–Kier alpha value is -2.06. The summed E-state index contributed by atoms with van der Waals surface area (Å²) in [5.74, 6) is 0.527. The smallest absolute Gasteiger partial charge is 0.406 e. The van der Waals surface area contributed by atoms with E-state index >= 15 is 0 Å². The van der Waals surface area contributed by atoms with Crippen LogP contribution in [0.5, 0.6) is 5.75 Å². The van der Waals surface area contributed by atoms with Crippen LogP contribution in [0.4, 0.5) is 13.2 Å². The highest BCUT2D eigenvalue weighted by molar-refractivity contribution is 5.59. The maximum Gasteiger partial charge on any atom is 0.573 e. The second-order valence-electron chi connectivity index (χ2n) is 5.33. The Morgan fingerprint density at radius 3 is 2.70 bits per heavy atom. The number of hydrogen-bond donors (Lipinski definition) is 1. The molecule has 0 amide bonds. The van der Waals surface area contributed by atoms with E-state index in [1.165, 1.54) is 12.1 Å². The second-order valence-corrected chi connectivity index (χ2v) is 5.33. The lowest BCUT2D eigenvalue weighted by molar-refractivity contribution is -0.274. The monoisotopic (exact) mass is 327 g/mol. The fraction of sp³-hybridized carbons (Fsp3) is 0.400. The molecule has 2 aromatic rings. The van der Waals surface area contributed by atoms with Crippen molar-refractivity contribution >= 4 is 0 Å². The Kier molecular flexibility index (Phi) is 4.27. The summed E-state index contributed by atoms with van der Waals surface area (Å²) in [7, 11) is 2.00. The molecule has 1 atom stereocenters. The second kappa shape index (κ2) is 6.21. The number of alkyl halides is 3. The van der Waals surface area contributed by atoms with Gasteiger partial charge >= 0.3 is 6.36 Å². The van der Waals surface area contributed by atoms with Crippen LogP contribution in [0.15, 0.2) is 30.5 Å². The summed E-state index contributed by atoms with van der Waals surface area (Å²) in [6, 6.07) is 5.71. The molecule has 23 heavy (non-hydrogen) atoms. The fourth-order valence-electron chi connectivity index (χ4n) is 2.46. The van der Waals surface area contributed by atoms with E-state index in [9.17, 15) is 13.2 Å². The van der Waals surface area contributed by atoms with E-state index < -0.39 is 6.36 Å². The first-order valence-electron chi connectivity index (χ1n) is 7.11. The summed E-state index contributed by atoms with van der Waals surface area (Å²) in [6.45, 7) is 2.08. The molecule has 1 saturated heterocycles. The number of halogens is 3. The van der Waals surface area contributed by atoms with Gasteiger partial charge < -0.3 is 14.5 Å². The number of imidazole rings is 1. The zero-order chi connectivity index (χ0) is 16.4. The quantitative estimate of drug-likeness (QED) is 0.942. The van der Waals surface area contributed by atoms with Gasteiger partial charge in [0.05, 0.1) is 31.1 Å². The lowest BCUT2D eigenvalue weighted by Crippen LogP contribution is -2.37. The van der Waals surface area contributed by atoms with Crippen molar-refractivity contribution in [3.8, 4) is 17.0 Å². The highest BCUT2D eigenvalue weighted by Crippen LogP contribution is 2.27. The van der Waals surface area contributed by atoms with Crippen LogP contribution in [0.3, 0.4) is 0 Å². The Morgan fingerprint density at radius 2 is 2.04 bits per heavy atom. The van der Waals surface area contributed by atoms with Gasteiger partial charge in [-0.15, -0.1) is 13.2 Å². The van der Waals surface area contributed by atoms with Crippen molar-refractivity contribution < 1.29 is 22.6 Å². The van der Waals surface area contributed by atoms with Gasteiger partial charge in [0, 0.05) is 6.54 Å². The minimum Gasteiger partial charge on any atom is -0.406 e. The molecule has 5 nitrogen and oxygen atoms in total. The minimum atomic E-state index is -4.69. The molecule has 0 unspecified atom stereocenters. The third kappa shape index (κ3) is 3.83. The van der Waals surface area contributed by atoms with Gasteiger partial charge in [0.25, 0.3) is 0 Å². The molecule has 0 saturated carbocycles. The highest BCUT2D eigenvalue weighted by atomic mass is 19.4. The molecule has 8 heteroatoms. The summed E-state index contributed by atoms with van der Waals surface area (Å²) in [6.07, 6.45) is -3.02. The largest absolute Gasteiger partial charge is 0.573 e. The van der Waals surface area contributed by atoms with Crippen LogP contribution in [0.2, 0.25) is 0 Å². The van der Waals surface area contributed by atoms with Gasteiger partial charge in [-0.1, -0.05) is 0 Å². The molecular formula is C15H16F3N3O2. The van der Waals surface area contributed by atoms with Crippen LogP contribution in [0, 0.1) is 0 Å². The van der Waals surface area contributed by atoms with Gasteiger partial charge in [-0.3, -0.25) is 4.90 Å². The molecule has 0 radical (unpaired) electrons. The van der Waals surface area contributed by atoms with Crippen LogP contribution >= 0.6 is 0 Å². The number of benzene rings is 1. The van der Waals surface area contributed by atoms with E-state index in [1.54, 1.807) is 18.3 Å². The number of aromatic nitrogens is 2. The van der Waals surface area contributed by atoms with Gasteiger partial charge in [-0.05, 0) is 36.9 Å². The molecule has 1 fully saturated rings. The molecule has 1 aliphatic heterocycles. The number of ether oxygens (including phenoxy) is 2. The van der Waals surface area contributed by atoms with Crippen molar-refractivity contribution in [2.45, 2.75) is 12.4 Å². The van der Waals surface area contributed by atoms with Crippen LogP contribution in [-0.4, -0.2) is 48.0 Å². The van der Waals surface area contributed by atoms with Crippen molar-refractivity contribution in [2.75, 3.05) is 26.8 Å². The topological polar surface area (TPSA) is 50.4 Å². The van der Waals surface area contributed by atoms with Crippen molar-refractivity contribution in [1.82, 2.24) is 14.9 Å². The van der Waals surface area contributed by atoms with Gasteiger partial charge in [-0.2, -0.15) is 0 Å². The molecule has 1 aliphatic rings. The van der Waals surface area contributed by atoms with Gasteiger partial charge in [0.15, 0.2) is 0 Å². The normalized spacial score (nSPS) is 19.7. The number of likely N-dealkylation sites (N-methyl/N-ethyl adjacent to an activating group) is 1. The standard InChI is InChI=1S/C15H16F3N3O2/c1-21-6-7-22-9-13(21)14-19-8-12(20-14)10-2-4-11(5-3-10)23-15(16,17)18/h2-5,8,13H,6-7,9H2,1H3,(H,19,20)/t13-/m0/s1. The number of rotatable bonds is 3. The van der Waals surface area contributed by atoms with Gasteiger partial charge in [-0.25, -0.2) is 4.98 Å². The Bertz CT molecular complexity index is 655. The molecule has 1 aromatic carbocycles. The van der Waals surface area contributed by atoms with Crippen LogP contribution in [-0.2, 0) is 4.74 Å². The SMILES string of the molecule is CN1CCOC[C@H]1c1ncc(-c2ccc(OC(F)(F)F)cc2)[nH]1. The van der Waals surface area contributed by atoms with E-state index in [0.717, 1.165) is 23.6 Å². The van der Waals surface area contributed by atoms with E-state index in [0.29, 0.717) is 13.2 Å². The Balaban J connectivity index is 1.75. The Morgan fingerprint density at radius 1 is 1.30 bits per heavy atom. The van der Waals surface area contributed by atoms with Crippen LogP contribution in [0.25, 0.3) is 11.3 Å². The molecule has 1 N–H and O–H groups in total. The van der Waals surface area contributed by atoms with Gasteiger partial charge in [0.2, 0.25) is 0 Å². The summed E-state index contributed by atoms with van der Waals surface area (Å²) < 4.78 is 45.8. The number of H-pyrrole nitrogens is 1. The number of nitrogens with one attached hydrogen (secondary N) is 1. The molecule has 0 bridgehead atoms. The molecule has 0 aliphatic carbocycles. The number of hydrogen-bond acceptors (Lipinski definition) is 4. The van der Waals surface area contributed by atoms with E-state index in [-0.39, 0.29) is 11.8 Å². The average Bonchev–Trinajstić information content (AvgIpc) is 2.96. The lowest BCUT2D eigenvalue weighted by Gasteiger charge is -2.30. The summed E-state index contributed by atoms with van der Waals surface area (Å²) >= 11 is 0. The van der Waals surface area contributed by atoms with Crippen LogP contribution in [0.1, 0.15) is 11.9 Å². The third-order valence-corrected chi connectivity index (χ3v) is 3.71. The minimum absolute atomic E-state index is 0.0466. The van der Waals surface area contributed by atoms with E-state index in [2.05, 4.69) is 19.6 Å². The highest BCUT2D eigenvalue weighted by Gasteiger charge is 2.31. The average molecular weight is 327 g/mol. The van der Waals surface area contributed by atoms with Crippen molar-refractivity contribution in [1.29, 1.82) is 0 Å². The first-order chi connectivity index (χ1) is 10.9. The van der Waals surface area contributed by atoms with Crippen molar-refractivity contribution in [2.24, 2.45) is 0 Å². The zero-order valence-corrected chi connectivity index (χ0v) is 12.4. The van der Waals surface area contributed by atoms with Crippen LogP contribution < -0.4 is 4.74 Å². The van der Waals surface area contributed by atoms with E-state index in [1.807, 2.05) is 7.05 Å². The maximum absolute atomic E-state index is 12.2. The third-order valence-electron chi connectivity index (χ3n) is 3.71. The Labute approximate surface area is 131 Å². The van der Waals surface area contributed by atoms with E-state index in [4.69, 9.17) is 4.74 Å². The molecule has 124 valence electrons.